The highest BCUT2D eigenvalue weighted by Crippen LogP contribution is 2.37. The largest absolute Gasteiger partial charge is 0.368 e. The molecule has 3 aromatic rings. The van der Waals surface area contributed by atoms with Crippen molar-refractivity contribution in [2.24, 2.45) is 5.92 Å². The van der Waals surface area contributed by atoms with Gasteiger partial charge in [-0.3, -0.25) is 4.79 Å². The van der Waals surface area contributed by atoms with E-state index in [4.69, 9.17) is 0 Å². The van der Waals surface area contributed by atoms with Crippen LogP contribution in [-0.2, 0) is 17.8 Å². The van der Waals surface area contributed by atoms with Gasteiger partial charge in [-0.25, -0.2) is 8.78 Å². The van der Waals surface area contributed by atoms with E-state index in [1.807, 2.05) is 18.2 Å². The molecule has 0 unspecified atom stereocenters. The summed E-state index contributed by atoms with van der Waals surface area (Å²) >= 11 is 0. The number of piperazine rings is 1. The molecule has 6 heteroatoms. The Kier molecular flexibility index (Phi) is 5.52. The van der Waals surface area contributed by atoms with Crippen molar-refractivity contribution in [3.63, 3.8) is 0 Å². The van der Waals surface area contributed by atoms with Crippen molar-refractivity contribution >= 4 is 17.3 Å². The van der Waals surface area contributed by atoms with Crippen LogP contribution in [0, 0.1) is 17.6 Å². The molecule has 2 heterocycles. The predicted octanol–water partition coefficient (Wildman–Crippen LogP) is 4.15. The number of amides is 1. The Morgan fingerprint density at radius 3 is 2.56 bits per heavy atom. The van der Waals surface area contributed by atoms with Gasteiger partial charge in [0.05, 0.1) is 12.0 Å². The van der Waals surface area contributed by atoms with Crippen molar-refractivity contribution in [2.75, 3.05) is 29.4 Å². The number of carbonyl (C=O) groups excluding carboxylic acids is 1. The molecule has 0 aromatic heterocycles. The zero-order valence-corrected chi connectivity index (χ0v) is 17.7. The molecule has 5 rings (SSSR count). The molecule has 2 aliphatic heterocycles. The Bertz CT molecular complexity index is 1120. The van der Waals surface area contributed by atoms with E-state index < -0.39 is 0 Å². The third-order valence-electron chi connectivity index (χ3n) is 6.51. The number of para-hydroxylation sites is 1. The highest BCUT2D eigenvalue weighted by Gasteiger charge is 2.41. The van der Waals surface area contributed by atoms with E-state index in [-0.39, 0.29) is 29.5 Å². The van der Waals surface area contributed by atoms with Gasteiger partial charge in [-0.05, 0) is 60.0 Å². The Labute approximate surface area is 186 Å². The van der Waals surface area contributed by atoms with Gasteiger partial charge in [0, 0.05) is 37.6 Å². The lowest BCUT2D eigenvalue weighted by Crippen LogP contribution is -2.61. The number of carbonyl (C=O) groups is 1. The first-order valence-electron chi connectivity index (χ1n) is 11.0. The molecular formula is C26H25F2N3O. The highest BCUT2D eigenvalue weighted by atomic mass is 19.1. The van der Waals surface area contributed by atoms with Crippen molar-refractivity contribution in [1.29, 1.82) is 0 Å². The fourth-order valence-electron chi connectivity index (χ4n) is 4.91. The molecule has 4 nitrogen and oxygen atoms in total. The SMILES string of the molecule is O=C(NCc1cccc(F)c1)[C@H]1Cc2ccccc2N2CCN(c3ccc(F)cc3)C[C@@H]12. The molecule has 2 atom stereocenters. The summed E-state index contributed by atoms with van der Waals surface area (Å²) < 4.78 is 26.9. The van der Waals surface area contributed by atoms with Gasteiger partial charge < -0.3 is 15.1 Å². The summed E-state index contributed by atoms with van der Waals surface area (Å²) in [6.45, 7) is 2.56. The van der Waals surface area contributed by atoms with E-state index in [2.05, 4.69) is 27.2 Å². The van der Waals surface area contributed by atoms with Gasteiger partial charge in [0.25, 0.3) is 0 Å². The first kappa shape index (κ1) is 20.5. The Morgan fingerprint density at radius 2 is 1.75 bits per heavy atom. The highest BCUT2D eigenvalue weighted by molar-refractivity contribution is 5.82. The Hall–Kier alpha value is -3.41. The second-order valence-corrected chi connectivity index (χ2v) is 8.47. The third kappa shape index (κ3) is 4.05. The van der Waals surface area contributed by atoms with Gasteiger partial charge >= 0.3 is 0 Å². The number of nitrogens with one attached hydrogen (secondary N) is 1. The molecule has 1 saturated heterocycles. The maximum Gasteiger partial charge on any atom is 0.225 e. The van der Waals surface area contributed by atoms with Crippen LogP contribution in [0.1, 0.15) is 11.1 Å². The van der Waals surface area contributed by atoms with Gasteiger partial charge in [0.1, 0.15) is 11.6 Å². The number of hydrogen-bond acceptors (Lipinski definition) is 3. The minimum Gasteiger partial charge on any atom is -0.368 e. The minimum absolute atomic E-state index is 0.00351. The number of fused-ring (bicyclic) bond motifs is 3. The third-order valence-corrected chi connectivity index (χ3v) is 6.51. The molecule has 1 fully saturated rings. The minimum atomic E-state index is -0.309. The van der Waals surface area contributed by atoms with E-state index in [1.165, 1.54) is 35.5 Å². The van der Waals surface area contributed by atoms with E-state index in [0.717, 1.165) is 24.3 Å². The average Bonchev–Trinajstić information content (AvgIpc) is 2.82. The summed E-state index contributed by atoms with van der Waals surface area (Å²) in [6.07, 6.45) is 0.656. The summed E-state index contributed by atoms with van der Waals surface area (Å²) in [4.78, 5) is 17.9. The smallest absolute Gasteiger partial charge is 0.225 e. The molecule has 32 heavy (non-hydrogen) atoms. The van der Waals surface area contributed by atoms with Crippen LogP contribution in [0.4, 0.5) is 20.2 Å². The maximum absolute atomic E-state index is 13.5. The molecule has 1 amide bonds. The van der Waals surface area contributed by atoms with Gasteiger partial charge in [0.15, 0.2) is 0 Å². The summed E-state index contributed by atoms with van der Waals surface area (Å²) in [5.41, 5.74) is 4.06. The topological polar surface area (TPSA) is 35.6 Å². The van der Waals surface area contributed by atoms with Crippen molar-refractivity contribution in [2.45, 2.75) is 19.0 Å². The standard InChI is InChI=1S/C26H25F2N3O/c27-20-8-10-22(11-9-20)30-12-13-31-24-7-2-1-5-19(24)15-23(25(31)17-30)26(32)29-16-18-4-3-6-21(28)14-18/h1-11,14,23,25H,12-13,15-17H2,(H,29,32)/t23-,25-/m0/s1. The lowest BCUT2D eigenvalue weighted by Gasteiger charge is -2.49. The summed E-state index contributed by atoms with van der Waals surface area (Å²) in [7, 11) is 0. The molecule has 1 N–H and O–H groups in total. The average molecular weight is 434 g/mol. The molecule has 0 aliphatic carbocycles. The normalized spacial score (nSPS) is 19.8. The number of anilines is 2. The number of rotatable bonds is 4. The van der Waals surface area contributed by atoms with E-state index >= 15 is 0 Å². The first-order valence-corrected chi connectivity index (χ1v) is 11.0. The van der Waals surface area contributed by atoms with Crippen molar-refractivity contribution in [1.82, 2.24) is 5.32 Å². The summed E-state index contributed by atoms with van der Waals surface area (Å²) in [6, 6.07) is 21.1. The quantitative estimate of drug-likeness (QED) is 0.672. The van der Waals surface area contributed by atoms with Gasteiger partial charge in [-0.2, -0.15) is 0 Å². The van der Waals surface area contributed by atoms with E-state index in [9.17, 15) is 13.6 Å². The first-order chi connectivity index (χ1) is 15.6. The van der Waals surface area contributed by atoms with Crippen LogP contribution >= 0.6 is 0 Å². The molecule has 0 spiro atoms. The lowest BCUT2D eigenvalue weighted by atomic mass is 9.83. The summed E-state index contributed by atoms with van der Waals surface area (Å²) in [5, 5.41) is 3.02. The van der Waals surface area contributed by atoms with Crippen LogP contribution in [0.5, 0.6) is 0 Å². The number of halogens is 2. The van der Waals surface area contributed by atoms with E-state index in [1.54, 1.807) is 18.2 Å². The molecule has 0 saturated carbocycles. The maximum atomic E-state index is 13.5. The van der Waals surface area contributed by atoms with Gasteiger partial charge in [-0.15, -0.1) is 0 Å². The molecule has 3 aromatic carbocycles. The van der Waals surface area contributed by atoms with Crippen molar-refractivity contribution in [3.8, 4) is 0 Å². The zero-order chi connectivity index (χ0) is 22.1. The zero-order valence-electron chi connectivity index (χ0n) is 17.7. The van der Waals surface area contributed by atoms with Crippen LogP contribution in [0.15, 0.2) is 72.8 Å². The second kappa shape index (κ2) is 8.61. The molecule has 0 bridgehead atoms. The van der Waals surface area contributed by atoms with Crippen molar-refractivity contribution < 1.29 is 13.6 Å². The fraction of sp³-hybridized carbons (Fsp3) is 0.269. The van der Waals surface area contributed by atoms with Crippen LogP contribution in [0.2, 0.25) is 0 Å². The lowest BCUT2D eigenvalue weighted by molar-refractivity contribution is -0.126. The number of benzene rings is 3. The molecule has 0 radical (unpaired) electrons. The van der Waals surface area contributed by atoms with Crippen LogP contribution in [-0.4, -0.2) is 31.6 Å². The molecule has 164 valence electrons. The monoisotopic (exact) mass is 433 g/mol. The molecule has 2 aliphatic rings. The predicted molar refractivity (Wildman–Crippen MR) is 122 cm³/mol. The number of nitrogens with zero attached hydrogens (tertiary/aromatic N) is 2. The summed E-state index contributed by atoms with van der Waals surface area (Å²) in [5.74, 6) is -0.827. The Balaban J connectivity index is 1.38. The second-order valence-electron chi connectivity index (χ2n) is 8.47. The van der Waals surface area contributed by atoms with Crippen LogP contribution in [0.3, 0.4) is 0 Å². The van der Waals surface area contributed by atoms with Crippen molar-refractivity contribution in [3.05, 3.63) is 95.6 Å². The van der Waals surface area contributed by atoms with Crippen LogP contribution in [0.25, 0.3) is 0 Å². The fourth-order valence-corrected chi connectivity index (χ4v) is 4.91. The molecular weight excluding hydrogens is 408 g/mol. The van der Waals surface area contributed by atoms with Gasteiger partial charge in [-0.1, -0.05) is 30.3 Å². The van der Waals surface area contributed by atoms with Gasteiger partial charge in [0.2, 0.25) is 5.91 Å². The Morgan fingerprint density at radius 1 is 0.938 bits per heavy atom. The van der Waals surface area contributed by atoms with E-state index in [0.29, 0.717) is 19.5 Å². The van der Waals surface area contributed by atoms with Crippen LogP contribution < -0.4 is 15.1 Å². The number of hydrogen-bond donors (Lipinski definition) is 1.